The summed E-state index contributed by atoms with van der Waals surface area (Å²) in [4.78, 5) is 1.42. The second-order valence-electron chi connectivity index (χ2n) is 7.78. The monoisotopic (exact) mass is 466 g/mol. The molecular formula is C18H19F5N4O3S. The largest absolute Gasteiger partial charge is 0.416 e. The van der Waals surface area contributed by atoms with E-state index in [4.69, 9.17) is 10.5 Å². The van der Waals surface area contributed by atoms with Crippen molar-refractivity contribution >= 4 is 10.0 Å². The first-order valence-corrected chi connectivity index (χ1v) is 11.1. The summed E-state index contributed by atoms with van der Waals surface area (Å²) in [7, 11) is -3.72. The van der Waals surface area contributed by atoms with Gasteiger partial charge in [0.2, 0.25) is 0 Å². The van der Waals surface area contributed by atoms with Gasteiger partial charge in [-0.1, -0.05) is 0 Å². The summed E-state index contributed by atoms with van der Waals surface area (Å²) in [5, 5.41) is 3.79. The maximum Gasteiger partial charge on any atom is 0.416 e. The molecule has 13 heteroatoms. The fraction of sp³-hybridized carbons (Fsp3) is 0.500. The summed E-state index contributed by atoms with van der Waals surface area (Å²) >= 11 is 0. The third-order valence-electron chi connectivity index (χ3n) is 5.56. The molecule has 4 atom stereocenters. The van der Waals surface area contributed by atoms with Crippen molar-refractivity contribution in [1.82, 2.24) is 14.1 Å². The van der Waals surface area contributed by atoms with Crippen LogP contribution in [0.5, 0.6) is 0 Å². The summed E-state index contributed by atoms with van der Waals surface area (Å²) in [5.41, 5.74) is 6.43. The van der Waals surface area contributed by atoms with Gasteiger partial charge in [-0.05, 0) is 24.6 Å². The number of nitrogens with zero attached hydrogens (tertiary/aromatic N) is 3. The molecule has 0 amide bonds. The lowest BCUT2D eigenvalue weighted by Gasteiger charge is -2.44. The number of rotatable bonds is 3. The number of aromatic nitrogens is 2. The van der Waals surface area contributed by atoms with Crippen molar-refractivity contribution in [2.75, 3.05) is 6.26 Å². The van der Waals surface area contributed by atoms with Crippen LogP contribution < -0.4 is 5.73 Å². The Bertz CT molecular complexity index is 1100. The normalized spacial score (nSPS) is 27.5. The Morgan fingerprint density at radius 3 is 2.58 bits per heavy atom. The van der Waals surface area contributed by atoms with E-state index in [2.05, 4.69) is 5.10 Å². The van der Waals surface area contributed by atoms with Crippen LogP contribution in [0, 0.1) is 11.6 Å². The van der Waals surface area contributed by atoms with Crippen LogP contribution in [0.3, 0.4) is 0 Å². The van der Waals surface area contributed by atoms with Crippen molar-refractivity contribution in [2.24, 2.45) is 5.73 Å². The molecule has 0 spiro atoms. The molecule has 1 aromatic carbocycles. The Morgan fingerprint density at radius 2 is 1.94 bits per heavy atom. The highest BCUT2D eigenvalue weighted by Gasteiger charge is 2.54. The van der Waals surface area contributed by atoms with Gasteiger partial charge in [0.1, 0.15) is 17.7 Å². The van der Waals surface area contributed by atoms with Crippen molar-refractivity contribution in [3.63, 3.8) is 0 Å². The quantitative estimate of drug-likeness (QED) is 0.697. The zero-order valence-corrected chi connectivity index (χ0v) is 17.0. The van der Waals surface area contributed by atoms with Crippen LogP contribution in [-0.4, -0.2) is 53.1 Å². The Hall–Kier alpha value is -2.09. The second-order valence-corrected chi connectivity index (χ2v) is 9.59. The number of nitrogens with two attached hydrogens (primary N) is 1. The highest BCUT2D eigenvalue weighted by atomic mass is 32.2. The number of benzene rings is 1. The van der Waals surface area contributed by atoms with Crippen molar-refractivity contribution in [3.8, 4) is 0 Å². The predicted molar refractivity (Wildman–Crippen MR) is 98.1 cm³/mol. The Labute approximate surface area is 174 Å². The topological polar surface area (TPSA) is 90.5 Å². The SMILES string of the molecule is CS(=O)(=O)n1ncc2c1CN([C@@H]1C[C@H](N)[C@@H](c3cc(F)ccc3F)O[C@@H]1C(F)(F)F)C2. The minimum atomic E-state index is -4.81. The Morgan fingerprint density at radius 1 is 1.23 bits per heavy atom. The van der Waals surface area contributed by atoms with Crippen LogP contribution in [0.15, 0.2) is 24.4 Å². The van der Waals surface area contributed by atoms with E-state index in [-0.39, 0.29) is 30.8 Å². The highest BCUT2D eigenvalue weighted by molar-refractivity contribution is 7.89. The molecule has 3 heterocycles. The van der Waals surface area contributed by atoms with Crippen molar-refractivity contribution in [2.45, 2.75) is 50.0 Å². The fourth-order valence-electron chi connectivity index (χ4n) is 4.22. The molecule has 0 aliphatic carbocycles. The van der Waals surface area contributed by atoms with Crippen LogP contribution >= 0.6 is 0 Å². The lowest BCUT2D eigenvalue weighted by Crippen LogP contribution is -2.58. The number of ether oxygens (including phenoxy) is 1. The van der Waals surface area contributed by atoms with Crippen molar-refractivity contribution in [1.29, 1.82) is 0 Å². The van der Waals surface area contributed by atoms with Gasteiger partial charge in [0.05, 0.1) is 18.1 Å². The molecule has 0 bridgehead atoms. The van der Waals surface area contributed by atoms with Crippen LogP contribution in [0.1, 0.15) is 29.3 Å². The molecule has 1 saturated heterocycles. The van der Waals surface area contributed by atoms with E-state index < -0.39 is 52.1 Å². The lowest BCUT2D eigenvalue weighted by atomic mass is 9.89. The maximum absolute atomic E-state index is 14.2. The zero-order chi connectivity index (χ0) is 22.7. The highest BCUT2D eigenvalue weighted by Crippen LogP contribution is 2.42. The van der Waals surface area contributed by atoms with E-state index in [1.807, 2.05) is 0 Å². The summed E-state index contributed by atoms with van der Waals surface area (Å²) < 4.78 is 99.2. The Kier molecular flexibility index (Phi) is 5.35. The standard InChI is InChI=1S/C18H19F5N4O3S/c1-31(28,29)27-15-8-26(7-9(15)6-25-27)14-5-13(24)16(30-17(14)18(21,22)23)11-4-10(19)2-3-12(11)20/h2-4,6,13-14,16-17H,5,7-8,24H2,1H3/t13-,14+,16+,17-/m0/s1. The first kappa shape index (κ1) is 22.1. The van der Waals surface area contributed by atoms with Gasteiger partial charge in [0, 0.05) is 36.3 Å². The van der Waals surface area contributed by atoms with E-state index in [0.29, 0.717) is 5.56 Å². The average Bonchev–Trinajstić information content (AvgIpc) is 3.22. The van der Waals surface area contributed by atoms with Gasteiger partial charge in [0.15, 0.2) is 6.10 Å². The molecule has 2 aromatic rings. The minimum absolute atomic E-state index is 0.0250. The molecular weight excluding hydrogens is 447 g/mol. The second kappa shape index (κ2) is 7.50. The summed E-state index contributed by atoms with van der Waals surface area (Å²) in [6, 6.07) is 0.145. The number of fused-ring (bicyclic) bond motifs is 1. The fourth-order valence-corrected chi connectivity index (χ4v) is 5.01. The maximum atomic E-state index is 14.2. The first-order valence-electron chi connectivity index (χ1n) is 9.29. The van der Waals surface area contributed by atoms with E-state index in [1.165, 1.54) is 11.1 Å². The molecule has 0 radical (unpaired) electrons. The molecule has 1 aromatic heterocycles. The molecule has 4 rings (SSSR count). The molecule has 2 aliphatic rings. The number of hydrogen-bond acceptors (Lipinski definition) is 6. The average molecular weight is 466 g/mol. The van der Waals surface area contributed by atoms with Crippen molar-refractivity contribution < 1.29 is 35.1 Å². The lowest BCUT2D eigenvalue weighted by molar-refractivity contribution is -0.269. The third-order valence-corrected chi connectivity index (χ3v) is 6.50. The van der Waals surface area contributed by atoms with E-state index in [9.17, 15) is 30.4 Å². The van der Waals surface area contributed by atoms with Crippen LogP contribution in [-0.2, 0) is 27.8 Å². The number of halogens is 5. The van der Waals surface area contributed by atoms with Crippen LogP contribution in [0.4, 0.5) is 22.0 Å². The molecule has 7 nitrogen and oxygen atoms in total. The molecule has 170 valence electrons. The Balaban J connectivity index is 1.64. The first-order chi connectivity index (χ1) is 14.4. The predicted octanol–water partition coefficient (Wildman–Crippen LogP) is 2.07. The summed E-state index contributed by atoms with van der Waals surface area (Å²) in [6.07, 6.45) is -6.61. The molecule has 2 N–H and O–H groups in total. The number of alkyl halides is 3. The van der Waals surface area contributed by atoms with Gasteiger partial charge in [-0.2, -0.15) is 22.4 Å². The molecule has 0 saturated carbocycles. The van der Waals surface area contributed by atoms with Gasteiger partial charge >= 0.3 is 6.18 Å². The smallest absolute Gasteiger partial charge is 0.357 e. The van der Waals surface area contributed by atoms with E-state index >= 15 is 0 Å². The van der Waals surface area contributed by atoms with E-state index in [0.717, 1.165) is 28.5 Å². The van der Waals surface area contributed by atoms with Gasteiger partial charge in [0.25, 0.3) is 10.0 Å². The third kappa shape index (κ3) is 4.06. The van der Waals surface area contributed by atoms with Crippen LogP contribution in [0.2, 0.25) is 0 Å². The molecule has 31 heavy (non-hydrogen) atoms. The van der Waals surface area contributed by atoms with Gasteiger partial charge in [-0.25, -0.2) is 17.2 Å². The molecule has 1 fully saturated rings. The van der Waals surface area contributed by atoms with Crippen LogP contribution in [0.25, 0.3) is 0 Å². The van der Waals surface area contributed by atoms with Gasteiger partial charge < -0.3 is 10.5 Å². The van der Waals surface area contributed by atoms with E-state index in [1.54, 1.807) is 0 Å². The minimum Gasteiger partial charge on any atom is -0.357 e. The summed E-state index contributed by atoms with van der Waals surface area (Å²) in [5.74, 6) is -1.73. The summed E-state index contributed by atoms with van der Waals surface area (Å²) in [6.45, 7) is -0.0775. The number of hydrogen-bond donors (Lipinski definition) is 1. The van der Waals surface area contributed by atoms with Gasteiger partial charge in [-0.15, -0.1) is 0 Å². The molecule has 0 unspecified atom stereocenters. The molecule has 2 aliphatic heterocycles. The zero-order valence-electron chi connectivity index (χ0n) is 16.2. The van der Waals surface area contributed by atoms with Crippen molar-refractivity contribution in [3.05, 3.63) is 52.9 Å². The van der Waals surface area contributed by atoms with Gasteiger partial charge in [-0.3, -0.25) is 4.90 Å².